The van der Waals surface area contributed by atoms with E-state index >= 15 is 0 Å². The number of nitrogen functional groups attached to an aromatic ring is 1. The van der Waals surface area contributed by atoms with Crippen molar-refractivity contribution < 1.29 is 0 Å². The molecule has 0 bridgehead atoms. The molecule has 2 heterocycles. The minimum Gasteiger partial charge on any atom is -0.396 e. The van der Waals surface area contributed by atoms with E-state index in [4.69, 9.17) is 5.73 Å². The van der Waals surface area contributed by atoms with Gasteiger partial charge in [0.2, 0.25) is 0 Å². The first-order chi connectivity index (χ1) is 8.15. The normalized spacial score (nSPS) is 11.0. The molecule has 0 spiro atoms. The fraction of sp³-hybridized carbons (Fsp3) is 0.417. The molecule has 0 amide bonds. The highest BCUT2D eigenvalue weighted by Gasteiger charge is 2.13. The van der Waals surface area contributed by atoms with Crippen LogP contribution in [-0.4, -0.2) is 9.78 Å². The highest BCUT2D eigenvalue weighted by Crippen LogP contribution is 2.23. The predicted molar refractivity (Wildman–Crippen MR) is 76.5 cm³/mol. The average molecular weight is 314 g/mol. The first-order valence-corrected chi connectivity index (χ1v) is 7.39. The van der Waals surface area contributed by atoms with Gasteiger partial charge >= 0.3 is 0 Å². The number of nitrogens with two attached hydrogens (primary N) is 1. The van der Waals surface area contributed by atoms with Gasteiger partial charge in [0.25, 0.3) is 0 Å². The average Bonchev–Trinajstić information content (AvgIpc) is 2.83. The number of thiophene rings is 1. The quantitative estimate of drug-likeness (QED) is 0.939. The molecule has 0 aromatic carbocycles. The summed E-state index contributed by atoms with van der Waals surface area (Å²) in [6.07, 6.45) is 1.81. The number of rotatable bonds is 4. The lowest BCUT2D eigenvalue weighted by atomic mass is 10.2. The Morgan fingerprint density at radius 1 is 1.41 bits per heavy atom. The molecule has 0 aliphatic heterocycles. The van der Waals surface area contributed by atoms with Gasteiger partial charge in [0, 0.05) is 14.7 Å². The summed E-state index contributed by atoms with van der Waals surface area (Å²) in [6.45, 7) is 5.02. The molecule has 3 nitrogen and oxygen atoms in total. The molecule has 17 heavy (non-hydrogen) atoms. The second kappa shape index (κ2) is 5.23. The Bertz CT molecular complexity index is 516. The van der Waals surface area contributed by atoms with Crippen molar-refractivity contribution in [3.05, 3.63) is 32.2 Å². The van der Waals surface area contributed by atoms with Crippen molar-refractivity contribution in [1.29, 1.82) is 0 Å². The van der Waals surface area contributed by atoms with Crippen molar-refractivity contribution in [2.75, 3.05) is 5.73 Å². The second-order valence-electron chi connectivity index (χ2n) is 3.90. The van der Waals surface area contributed by atoms with Crippen LogP contribution in [0.25, 0.3) is 0 Å². The molecule has 0 fully saturated rings. The van der Waals surface area contributed by atoms with Gasteiger partial charge in [0.15, 0.2) is 0 Å². The molecule has 0 aliphatic rings. The molecule has 2 aromatic rings. The van der Waals surface area contributed by atoms with Crippen LogP contribution in [0.5, 0.6) is 0 Å². The van der Waals surface area contributed by atoms with Crippen LogP contribution in [0, 0.1) is 0 Å². The van der Waals surface area contributed by atoms with Gasteiger partial charge < -0.3 is 5.73 Å². The highest BCUT2D eigenvalue weighted by atomic mass is 79.9. The number of hydrogen-bond acceptors (Lipinski definition) is 3. The van der Waals surface area contributed by atoms with E-state index in [2.05, 4.69) is 46.3 Å². The lowest BCUT2D eigenvalue weighted by molar-refractivity contribution is 0.647. The van der Waals surface area contributed by atoms with Gasteiger partial charge in [0.05, 0.1) is 23.6 Å². The molecule has 2 aromatic heterocycles. The van der Waals surface area contributed by atoms with Gasteiger partial charge in [-0.05, 0) is 34.8 Å². The first-order valence-electron chi connectivity index (χ1n) is 5.72. The molecule has 2 rings (SSSR count). The zero-order chi connectivity index (χ0) is 12.4. The van der Waals surface area contributed by atoms with Gasteiger partial charge in [0.1, 0.15) is 0 Å². The van der Waals surface area contributed by atoms with E-state index in [9.17, 15) is 0 Å². The fourth-order valence-corrected chi connectivity index (χ4v) is 3.35. The van der Waals surface area contributed by atoms with Crippen LogP contribution in [0.1, 0.15) is 30.1 Å². The summed E-state index contributed by atoms with van der Waals surface area (Å²) in [5.74, 6) is 0. The summed E-state index contributed by atoms with van der Waals surface area (Å²) in [6, 6.07) is 2.13. The van der Waals surface area contributed by atoms with Crippen LogP contribution in [0.4, 0.5) is 5.69 Å². The number of anilines is 1. The number of aryl methyl sites for hydroxylation is 1. The van der Waals surface area contributed by atoms with Gasteiger partial charge in [-0.25, -0.2) is 0 Å². The summed E-state index contributed by atoms with van der Waals surface area (Å²) < 4.78 is 3.17. The summed E-state index contributed by atoms with van der Waals surface area (Å²) >= 11 is 5.21. The molecule has 92 valence electrons. The number of halogens is 1. The van der Waals surface area contributed by atoms with Gasteiger partial charge in [-0.1, -0.05) is 13.8 Å². The molecule has 5 heteroatoms. The van der Waals surface area contributed by atoms with Crippen LogP contribution >= 0.6 is 27.3 Å². The number of nitrogens with zero attached hydrogens (tertiary/aromatic N) is 2. The second-order valence-corrected chi connectivity index (χ2v) is 5.81. The van der Waals surface area contributed by atoms with Crippen molar-refractivity contribution in [2.45, 2.75) is 33.2 Å². The summed E-state index contributed by atoms with van der Waals surface area (Å²) in [5, 5.41) is 6.68. The Kier molecular flexibility index (Phi) is 3.89. The Morgan fingerprint density at radius 3 is 2.71 bits per heavy atom. The molecule has 0 unspecified atom stereocenters. The van der Waals surface area contributed by atoms with Crippen LogP contribution in [0.2, 0.25) is 0 Å². The smallest absolute Gasteiger partial charge is 0.0854 e. The first kappa shape index (κ1) is 12.6. The molecule has 2 N–H and O–H groups in total. The van der Waals surface area contributed by atoms with Crippen molar-refractivity contribution in [2.24, 2.45) is 0 Å². The Hall–Kier alpha value is -0.810. The van der Waals surface area contributed by atoms with E-state index in [-0.39, 0.29) is 0 Å². The van der Waals surface area contributed by atoms with Crippen LogP contribution < -0.4 is 5.73 Å². The van der Waals surface area contributed by atoms with Gasteiger partial charge in [-0.15, -0.1) is 11.3 Å². The van der Waals surface area contributed by atoms with E-state index in [1.54, 1.807) is 11.3 Å². The van der Waals surface area contributed by atoms with E-state index in [1.807, 2.05) is 4.68 Å². The third-order valence-corrected chi connectivity index (χ3v) is 4.45. The maximum atomic E-state index is 6.09. The molecule has 0 radical (unpaired) electrons. The summed E-state index contributed by atoms with van der Waals surface area (Å²) in [4.78, 5) is 1.29. The third-order valence-electron chi connectivity index (χ3n) is 2.77. The summed E-state index contributed by atoms with van der Waals surface area (Å²) in [7, 11) is 0. The lowest BCUT2D eigenvalue weighted by Gasteiger charge is -2.04. The van der Waals surface area contributed by atoms with E-state index in [0.29, 0.717) is 0 Å². The Morgan fingerprint density at radius 2 is 2.18 bits per heavy atom. The predicted octanol–water partition coefficient (Wildman–Crippen LogP) is 3.46. The maximum Gasteiger partial charge on any atom is 0.0854 e. The van der Waals surface area contributed by atoms with Crippen LogP contribution in [0.3, 0.4) is 0 Å². The zero-order valence-electron chi connectivity index (χ0n) is 10.0. The van der Waals surface area contributed by atoms with Crippen molar-refractivity contribution >= 4 is 33.0 Å². The minimum absolute atomic E-state index is 0.809. The molecule has 0 saturated carbocycles. The van der Waals surface area contributed by atoms with Crippen molar-refractivity contribution in [1.82, 2.24) is 9.78 Å². The topological polar surface area (TPSA) is 43.8 Å². The number of hydrogen-bond donors (Lipinski definition) is 1. The Balaban J connectivity index is 2.32. The van der Waals surface area contributed by atoms with Crippen LogP contribution in [0.15, 0.2) is 15.9 Å². The third kappa shape index (κ3) is 2.55. The largest absolute Gasteiger partial charge is 0.396 e. The SMILES string of the molecule is CCc1nn(Cc2cc(Br)cs2)c(CC)c1N. The van der Waals surface area contributed by atoms with Gasteiger partial charge in [-0.3, -0.25) is 4.68 Å². The minimum atomic E-state index is 0.809. The lowest BCUT2D eigenvalue weighted by Crippen LogP contribution is -2.05. The molecule has 0 atom stereocenters. The van der Waals surface area contributed by atoms with Crippen molar-refractivity contribution in [3.63, 3.8) is 0 Å². The zero-order valence-corrected chi connectivity index (χ0v) is 12.4. The van der Waals surface area contributed by atoms with E-state index in [1.165, 1.54) is 4.88 Å². The Labute approximate surface area is 114 Å². The molecule has 0 aliphatic carbocycles. The van der Waals surface area contributed by atoms with E-state index in [0.717, 1.165) is 40.9 Å². The maximum absolute atomic E-state index is 6.09. The fourth-order valence-electron chi connectivity index (χ4n) is 1.91. The molecular weight excluding hydrogens is 298 g/mol. The standard InChI is InChI=1S/C12H16BrN3S/c1-3-10-12(14)11(4-2)16(15-10)6-9-5-8(13)7-17-9/h5,7H,3-4,6,14H2,1-2H3. The number of aromatic nitrogens is 2. The summed E-state index contributed by atoms with van der Waals surface area (Å²) in [5.41, 5.74) is 9.12. The molecular formula is C12H16BrN3S. The van der Waals surface area contributed by atoms with E-state index < -0.39 is 0 Å². The van der Waals surface area contributed by atoms with Crippen molar-refractivity contribution in [3.8, 4) is 0 Å². The molecule has 0 saturated heterocycles. The monoisotopic (exact) mass is 313 g/mol. The van der Waals surface area contributed by atoms with Crippen LogP contribution in [-0.2, 0) is 19.4 Å². The van der Waals surface area contributed by atoms with Gasteiger partial charge in [-0.2, -0.15) is 5.10 Å². The highest BCUT2D eigenvalue weighted by molar-refractivity contribution is 9.10.